The van der Waals surface area contributed by atoms with Crippen molar-refractivity contribution >= 4 is 15.7 Å². The average molecular weight is 226 g/mol. The molecule has 1 N–H and O–H groups in total. The molecule has 0 fully saturated rings. The van der Waals surface area contributed by atoms with Crippen molar-refractivity contribution in [2.75, 3.05) is 17.8 Å². The third kappa shape index (κ3) is 2.49. The van der Waals surface area contributed by atoms with E-state index < -0.39 is 10.0 Å². The van der Waals surface area contributed by atoms with Gasteiger partial charge >= 0.3 is 0 Å². The maximum absolute atomic E-state index is 11.2. The number of hydrazine groups is 1. The molecule has 5 heteroatoms. The van der Waals surface area contributed by atoms with E-state index in [0.717, 1.165) is 25.1 Å². The number of nitrogens with one attached hydrogen (secondary N) is 1. The first kappa shape index (κ1) is 10.4. The van der Waals surface area contributed by atoms with E-state index in [0.29, 0.717) is 0 Å². The summed E-state index contributed by atoms with van der Waals surface area (Å²) in [6.45, 7) is 0.726. The molecule has 0 unspecified atom stereocenters. The molecular formula is C10H14N2O2S. The standard InChI is InChI=1S/C10H14N2O2S/c1-15(13,14)11-12-8-4-6-9-5-2-3-7-10(9)12/h2-3,5,7,11H,4,6,8H2,1H3. The van der Waals surface area contributed by atoms with Gasteiger partial charge < -0.3 is 0 Å². The highest BCUT2D eigenvalue weighted by molar-refractivity contribution is 7.88. The number of para-hydroxylation sites is 1. The van der Waals surface area contributed by atoms with Crippen LogP contribution in [-0.2, 0) is 16.4 Å². The minimum absolute atomic E-state index is 0.726. The zero-order chi connectivity index (χ0) is 10.9. The monoisotopic (exact) mass is 226 g/mol. The van der Waals surface area contributed by atoms with Crippen LogP contribution < -0.4 is 9.84 Å². The van der Waals surface area contributed by atoms with E-state index in [4.69, 9.17) is 0 Å². The molecule has 1 heterocycles. The molecule has 82 valence electrons. The van der Waals surface area contributed by atoms with Gasteiger partial charge in [0.2, 0.25) is 10.0 Å². The first-order valence-electron chi connectivity index (χ1n) is 4.89. The van der Waals surface area contributed by atoms with Gasteiger partial charge in [-0.25, -0.2) is 8.42 Å². The summed E-state index contributed by atoms with van der Waals surface area (Å²) in [7, 11) is -3.19. The molecule has 0 aromatic heterocycles. The number of benzene rings is 1. The van der Waals surface area contributed by atoms with Gasteiger partial charge in [0.1, 0.15) is 0 Å². The highest BCUT2D eigenvalue weighted by Crippen LogP contribution is 2.25. The molecule has 1 aliphatic rings. The predicted molar refractivity (Wildman–Crippen MR) is 60.1 cm³/mol. The topological polar surface area (TPSA) is 49.4 Å². The van der Waals surface area contributed by atoms with Crippen molar-refractivity contribution in [2.45, 2.75) is 12.8 Å². The van der Waals surface area contributed by atoms with E-state index >= 15 is 0 Å². The summed E-state index contributed by atoms with van der Waals surface area (Å²) in [6.07, 6.45) is 3.15. The molecule has 0 radical (unpaired) electrons. The molecular weight excluding hydrogens is 212 g/mol. The molecule has 2 rings (SSSR count). The lowest BCUT2D eigenvalue weighted by Gasteiger charge is -2.30. The minimum Gasteiger partial charge on any atom is -0.295 e. The van der Waals surface area contributed by atoms with Gasteiger partial charge in [0.05, 0.1) is 11.9 Å². The lowest BCUT2D eigenvalue weighted by atomic mass is 10.0. The maximum atomic E-state index is 11.2. The largest absolute Gasteiger partial charge is 0.295 e. The lowest BCUT2D eigenvalue weighted by Crippen LogP contribution is -2.44. The Labute approximate surface area is 89.9 Å². The third-order valence-corrected chi connectivity index (χ3v) is 2.94. The summed E-state index contributed by atoms with van der Waals surface area (Å²) in [5, 5.41) is 1.70. The zero-order valence-electron chi connectivity index (χ0n) is 8.60. The van der Waals surface area contributed by atoms with Crippen LogP contribution in [0, 0.1) is 0 Å². The zero-order valence-corrected chi connectivity index (χ0v) is 9.42. The van der Waals surface area contributed by atoms with Crippen LogP contribution >= 0.6 is 0 Å². The van der Waals surface area contributed by atoms with Crippen LogP contribution in [-0.4, -0.2) is 21.2 Å². The number of hydrogen-bond acceptors (Lipinski definition) is 3. The smallest absolute Gasteiger partial charge is 0.225 e. The van der Waals surface area contributed by atoms with Crippen molar-refractivity contribution in [2.24, 2.45) is 0 Å². The first-order valence-corrected chi connectivity index (χ1v) is 6.78. The van der Waals surface area contributed by atoms with Gasteiger partial charge in [0, 0.05) is 6.54 Å². The van der Waals surface area contributed by atoms with Crippen molar-refractivity contribution in [1.29, 1.82) is 0 Å². The van der Waals surface area contributed by atoms with Gasteiger partial charge in [0.15, 0.2) is 0 Å². The summed E-state index contributed by atoms with van der Waals surface area (Å²) in [5.74, 6) is 0. The third-order valence-electron chi connectivity index (χ3n) is 2.39. The van der Waals surface area contributed by atoms with Gasteiger partial charge in [0.25, 0.3) is 0 Å². The van der Waals surface area contributed by atoms with Crippen molar-refractivity contribution < 1.29 is 8.42 Å². The van der Waals surface area contributed by atoms with Gasteiger partial charge in [-0.05, 0) is 24.5 Å². The Morgan fingerprint density at radius 1 is 1.33 bits per heavy atom. The highest BCUT2D eigenvalue weighted by Gasteiger charge is 2.18. The number of rotatable bonds is 2. The summed E-state index contributed by atoms with van der Waals surface area (Å²) in [4.78, 5) is 2.52. The number of anilines is 1. The summed E-state index contributed by atoms with van der Waals surface area (Å²) < 4.78 is 22.3. The molecule has 15 heavy (non-hydrogen) atoms. The number of sulfonamides is 1. The molecule has 0 atom stereocenters. The molecule has 1 aliphatic heterocycles. The Morgan fingerprint density at radius 2 is 2.07 bits per heavy atom. The van der Waals surface area contributed by atoms with Crippen molar-refractivity contribution in [3.05, 3.63) is 29.8 Å². The summed E-state index contributed by atoms with van der Waals surface area (Å²) in [5.41, 5.74) is 2.16. The molecule has 0 bridgehead atoms. The predicted octanol–water partition coefficient (Wildman–Crippen LogP) is 0.903. The number of aryl methyl sites for hydroxylation is 1. The Bertz CT molecular complexity index is 456. The molecule has 0 amide bonds. The lowest BCUT2D eigenvalue weighted by molar-refractivity contribution is 0.574. The van der Waals surface area contributed by atoms with Crippen LogP contribution in [0.2, 0.25) is 0 Å². The van der Waals surface area contributed by atoms with Crippen LogP contribution in [0.15, 0.2) is 24.3 Å². The molecule has 4 nitrogen and oxygen atoms in total. The molecule has 0 aliphatic carbocycles. The Morgan fingerprint density at radius 3 is 2.80 bits per heavy atom. The minimum atomic E-state index is -3.19. The quantitative estimate of drug-likeness (QED) is 0.815. The molecule has 1 aromatic rings. The highest BCUT2D eigenvalue weighted by atomic mass is 32.2. The molecule has 1 aromatic carbocycles. The van der Waals surface area contributed by atoms with Crippen LogP contribution in [0.1, 0.15) is 12.0 Å². The fourth-order valence-corrected chi connectivity index (χ4v) is 2.42. The van der Waals surface area contributed by atoms with Crippen molar-refractivity contribution in [1.82, 2.24) is 4.83 Å². The summed E-state index contributed by atoms with van der Waals surface area (Å²) >= 11 is 0. The van der Waals surface area contributed by atoms with Crippen LogP contribution in [0.3, 0.4) is 0 Å². The summed E-state index contributed by atoms with van der Waals surface area (Å²) in [6, 6.07) is 7.86. The Kier molecular flexibility index (Phi) is 2.67. The Balaban J connectivity index is 2.30. The van der Waals surface area contributed by atoms with E-state index in [1.54, 1.807) is 5.01 Å². The Hall–Kier alpha value is -1.07. The van der Waals surface area contributed by atoms with E-state index in [2.05, 4.69) is 4.83 Å². The molecule has 0 spiro atoms. The van der Waals surface area contributed by atoms with Crippen LogP contribution in [0.4, 0.5) is 5.69 Å². The van der Waals surface area contributed by atoms with Crippen LogP contribution in [0.5, 0.6) is 0 Å². The number of hydrogen-bond donors (Lipinski definition) is 1. The second-order valence-corrected chi connectivity index (χ2v) is 5.47. The SMILES string of the molecule is CS(=O)(=O)NN1CCCc2ccccc21. The van der Waals surface area contributed by atoms with Gasteiger partial charge in [-0.15, -0.1) is 4.83 Å². The second kappa shape index (κ2) is 3.83. The fourth-order valence-electron chi connectivity index (χ4n) is 1.83. The normalized spacial score (nSPS) is 16.2. The van der Waals surface area contributed by atoms with Gasteiger partial charge in [-0.3, -0.25) is 5.01 Å². The number of fused-ring (bicyclic) bond motifs is 1. The van der Waals surface area contributed by atoms with E-state index in [1.807, 2.05) is 24.3 Å². The fraction of sp³-hybridized carbons (Fsp3) is 0.400. The maximum Gasteiger partial charge on any atom is 0.225 e. The molecule has 0 saturated heterocycles. The average Bonchev–Trinajstić information content (AvgIpc) is 2.16. The van der Waals surface area contributed by atoms with E-state index in [1.165, 1.54) is 11.8 Å². The van der Waals surface area contributed by atoms with Gasteiger partial charge in [-0.1, -0.05) is 18.2 Å². The van der Waals surface area contributed by atoms with Crippen LogP contribution in [0.25, 0.3) is 0 Å². The first-order chi connectivity index (χ1) is 7.06. The second-order valence-electron chi connectivity index (χ2n) is 3.75. The van der Waals surface area contributed by atoms with Crippen molar-refractivity contribution in [3.63, 3.8) is 0 Å². The van der Waals surface area contributed by atoms with E-state index in [9.17, 15) is 8.42 Å². The van der Waals surface area contributed by atoms with Crippen molar-refractivity contribution in [3.8, 4) is 0 Å². The van der Waals surface area contributed by atoms with E-state index in [-0.39, 0.29) is 0 Å². The molecule has 0 saturated carbocycles. The number of nitrogens with zero attached hydrogens (tertiary/aromatic N) is 1. The van der Waals surface area contributed by atoms with Gasteiger partial charge in [-0.2, -0.15) is 0 Å².